The molecule has 1 unspecified atom stereocenters. The fourth-order valence-electron chi connectivity index (χ4n) is 1.49. The summed E-state index contributed by atoms with van der Waals surface area (Å²) in [6.07, 6.45) is 5.17. The zero-order valence-corrected chi connectivity index (χ0v) is 9.98. The average molecular weight is 224 g/mol. The van der Waals surface area contributed by atoms with Gasteiger partial charge in [-0.25, -0.2) is 4.68 Å². The van der Waals surface area contributed by atoms with Crippen molar-refractivity contribution in [2.75, 3.05) is 0 Å². The summed E-state index contributed by atoms with van der Waals surface area (Å²) in [5.74, 6) is 0. The SMILES string of the molecule is CCC(C)(O)Cn1cc(CNC2CC2)nn1. The van der Waals surface area contributed by atoms with E-state index in [0.29, 0.717) is 19.0 Å². The van der Waals surface area contributed by atoms with Crippen LogP contribution in [0.5, 0.6) is 0 Å². The van der Waals surface area contributed by atoms with Gasteiger partial charge >= 0.3 is 0 Å². The summed E-state index contributed by atoms with van der Waals surface area (Å²) in [4.78, 5) is 0. The lowest BCUT2D eigenvalue weighted by Gasteiger charge is -2.20. The van der Waals surface area contributed by atoms with Gasteiger partial charge in [-0.3, -0.25) is 0 Å². The highest BCUT2D eigenvalue weighted by Gasteiger charge is 2.21. The van der Waals surface area contributed by atoms with Crippen molar-refractivity contribution in [1.82, 2.24) is 20.3 Å². The molecule has 1 aromatic rings. The predicted molar refractivity (Wildman–Crippen MR) is 60.8 cm³/mol. The molecule has 1 aliphatic rings. The van der Waals surface area contributed by atoms with E-state index in [1.54, 1.807) is 4.68 Å². The minimum absolute atomic E-state index is 0.500. The summed E-state index contributed by atoms with van der Waals surface area (Å²) in [6.45, 7) is 5.06. The van der Waals surface area contributed by atoms with Gasteiger partial charge in [0.15, 0.2) is 0 Å². The Hall–Kier alpha value is -0.940. The fourth-order valence-corrected chi connectivity index (χ4v) is 1.49. The quantitative estimate of drug-likeness (QED) is 0.746. The Morgan fingerprint density at radius 3 is 3.00 bits per heavy atom. The molecule has 1 aliphatic carbocycles. The number of aliphatic hydroxyl groups is 1. The van der Waals surface area contributed by atoms with E-state index in [2.05, 4.69) is 15.6 Å². The maximum atomic E-state index is 9.91. The van der Waals surface area contributed by atoms with Crippen LogP contribution in [0, 0.1) is 0 Å². The third-order valence-electron chi connectivity index (χ3n) is 3.00. The van der Waals surface area contributed by atoms with Gasteiger partial charge in [-0.1, -0.05) is 12.1 Å². The van der Waals surface area contributed by atoms with Crippen LogP contribution < -0.4 is 5.32 Å². The van der Waals surface area contributed by atoms with Crippen LogP contribution in [0.1, 0.15) is 38.8 Å². The van der Waals surface area contributed by atoms with Crippen LogP contribution in [0.3, 0.4) is 0 Å². The van der Waals surface area contributed by atoms with E-state index in [-0.39, 0.29) is 0 Å². The van der Waals surface area contributed by atoms with Gasteiger partial charge in [0.1, 0.15) is 0 Å². The number of nitrogens with zero attached hydrogens (tertiary/aromatic N) is 3. The van der Waals surface area contributed by atoms with E-state index in [4.69, 9.17) is 0 Å². The largest absolute Gasteiger partial charge is 0.388 e. The van der Waals surface area contributed by atoms with E-state index in [1.165, 1.54) is 12.8 Å². The molecule has 5 heteroatoms. The Kier molecular flexibility index (Phi) is 3.25. The monoisotopic (exact) mass is 224 g/mol. The molecular formula is C11H20N4O. The van der Waals surface area contributed by atoms with Crippen LogP contribution in [0.4, 0.5) is 0 Å². The molecule has 0 aromatic carbocycles. The van der Waals surface area contributed by atoms with Crippen LogP contribution >= 0.6 is 0 Å². The van der Waals surface area contributed by atoms with Crippen LogP contribution in [0.15, 0.2) is 6.20 Å². The van der Waals surface area contributed by atoms with Crippen molar-refractivity contribution in [1.29, 1.82) is 0 Å². The molecule has 2 N–H and O–H groups in total. The summed E-state index contributed by atoms with van der Waals surface area (Å²) in [5.41, 5.74) is 0.244. The van der Waals surface area contributed by atoms with Crippen molar-refractivity contribution in [3.8, 4) is 0 Å². The number of rotatable bonds is 6. The highest BCUT2D eigenvalue weighted by molar-refractivity contribution is 4.94. The van der Waals surface area contributed by atoms with Gasteiger partial charge < -0.3 is 10.4 Å². The molecule has 16 heavy (non-hydrogen) atoms. The smallest absolute Gasteiger partial charge is 0.0964 e. The molecule has 0 saturated heterocycles. The van der Waals surface area contributed by atoms with Crippen LogP contribution in [-0.2, 0) is 13.1 Å². The molecule has 1 heterocycles. The van der Waals surface area contributed by atoms with Crippen molar-refractivity contribution < 1.29 is 5.11 Å². The molecule has 1 aromatic heterocycles. The zero-order valence-electron chi connectivity index (χ0n) is 9.98. The van der Waals surface area contributed by atoms with E-state index < -0.39 is 5.60 Å². The second-order valence-corrected chi connectivity index (χ2v) is 4.91. The van der Waals surface area contributed by atoms with Crippen molar-refractivity contribution >= 4 is 0 Å². The molecule has 5 nitrogen and oxygen atoms in total. The number of aromatic nitrogens is 3. The zero-order chi connectivity index (χ0) is 11.6. The summed E-state index contributed by atoms with van der Waals surface area (Å²) in [6, 6.07) is 0.684. The second kappa shape index (κ2) is 4.51. The van der Waals surface area contributed by atoms with Gasteiger partial charge in [-0.05, 0) is 26.2 Å². The molecule has 1 saturated carbocycles. The molecule has 0 spiro atoms. The predicted octanol–water partition coefficient (Wildman–Crippen LogP) is 0.691. The molecule has 1 fully saturated rings. The third-order valence-corrected chi connectivity index (χ3v) is 3.00. The van der Waals surface area contributed by atoms with Crippen molar-refractivity contribution in [2.24, 2.45) is 0 Å². The van der Waals surface area contributed by atoms with Gasteiger partial charge in [-0.2, -0.15) is 0 Å². The number of nitrogens with one attached hydrogen (secondary N) is 1. The van der Waals surface area contributed by atoms with Gasteiger partial charge in [0.2, 0.25) is 0 Å². The normalized spacial score (nSPS) is 19.7. The standard InChI is InChI=1S/C11H20N4O/c1-3-11(2,16)8-15-7-10(13-14-15)6-12-9-4-5-9/h7,9,12,16H,3-6,8H2,1-2H3. The summed E-state index contributed by atoms with van der Waals surface area (Å²) < 4.78 is 1.72. The first kappa shape index (κ1) is 11.5. The van der Waals surface area contributed by atoms with Crippen LogP contribution in [-0.4, -0.2) is 31.7 Å². The maximum Gasteiger partial charge on any atom is 0.0964 e. The minimum Gasteiger partial charge on any atom is -0.388 e. The van der Waals surface area contributed by atoms with E-state index >= 15 is 0 Å². The lowest BCUT2D eigenvalue weighted by molar-refractivity contribution is 0.0339. The Labute approximate surface area is 95.8 Å². The van der Waals surface area contributed by atoms with E-state index in [9.17, 15) is 5.11 Å². The Bertz CT molecular complexity index is 344. The Morgan fingerprint density at radius 1 is 1.62 bits per heavy atom. The molecule has 90 valence electrons. The molecule has 2 rings (SSSR count). The lowest BCUT2D eigenvalue weighted by Crippen LogP contribution is -2.29. The molecule has 0 radical (unpaired) electrons. The first-order chi connectivity index (χ1) is 7.59. The maximum absolute atomic E-state index is 9.91. The summed E-state index contributed by atoms with van der Waals surface area (Å²) in [7, 11) is 0. The van der Waals surface area contributed by atoms with Crippen LogP contribution in [0.25, 0.3) is 0 Å². The van der Waals surface area contributed by atoms with E-state index in [0.717, 1.165) is 12.2 Å². The van der Waals surface area contributed by atoms with E-state index in [1.807, 2.05) is 20.0 Å². The summed E-state index contributed by atoms with van der Waals surface area (Å²) >= 11 is 0. The topological polar surface area (TPSA) is 63.0 Å². The van der Waals surface area contributed by atoms with Crippen molar-refractivity contribution in [2.45, 2.75) is 57.8 Å². The Balaban J connectivity index is 1.85. The molecular weight excluding hydrogens is 204 g/mol. The summed E-state index contributed by atoms with van der Waals surface area (Å²) in [5, 5.41) is 21.4. The molecule has 1 atom stereocenters. The highest BCUT2D eigenvalue weighted by Crippen LogP contribution is 2.19. The molecule has 0 aliphatic heterocycles. The average Bonchev–Trinajstić information content (AvgIpc) is 2.97. The van der Waals surface area contributed by atoms with Crippen LogP contribution in [0.2, 0.25) is 0 Å². The minimum atomic E-state index is -0.700. The van der Waals surface area contributed by atoms with Crippen molar-refractivity contribution in [3.05, 3.63) is 11.9 Å². The lowest BCUT2D eigenvalue weighted by atomic mass is 10.0. The highest BCUT2D eigenvalue weighted by atomic mass is 16.3. The third kappa shape index (κ3) is 3.28. The molecule has 0 amide bonds. The molecule has 0 bridgehead atoms. The Morgan fingerprint density at radius 2 is 2.38 bits per heavy atom. The fraction of sp³-hybridized carbons (Fsp3) is 0.818. The first-order valence-corrected chi connectivity index (χ1v) is 5.94. The van der Waals surface area contributed by atoms with Gasteiger partial charge in [0, 0.05) is 18.8 Å². The first-order valence-electron chi connectivity index (χ1n) is 5.94. The second-order valence-electron chi connectivity index (χ2n) is 4.91. The van der Waals surface area contributed by atoms with Gasteiger partial charge in [0.05, 0.1) is 17.8 Å². The van der Waals surface area contributed by atoms with Gasteiger partial charge in [-0.15, -0.1) is 5.10 Å². The van der Waals surface area contributed by atoms with Crippen molar-refractivity contribution in [3.63, 3.8) is 0 Å². The van der Waals surface area contributed by atoms with Gasteiger partial charge in [0.25, 0.3) is 0 Å². The number of hydrogen-bond donors (Lipinski definition) is 2. The number of hydrogen-bond acceptors (Lipinski definition) is 4.